The number of nitrogens with zero attached hydrogens (tertiary/aromatic N) is 1. The third-order valence-electron chi connectivity index (χ3n) is 2.39. The molecule has 0 unspecified atom stereocenters. The van der Waals surface area contributed by atoms with Crippen molar-refractivity contribution in [2.24, 2.45) is 0 Å². The van der Waals surface area contributed by atoms with Gasteiger partial charge in [0, 0.05) is 17.0 Å². The Kier molecular flexibility index (Phi) is 2.54. The van der Waals surface area contributed by atoms with Crippen molar-refractivity contribution in [3.8, 4) is 11.3 Å². The monoisotopic (exact) mass is 219 g/mol. The minimum atomic E-state index is -0.247. The SMILES string of the molecule is CC(C)(C)c1cc(-c2ccc(F)cc2)no1. The maximum atomic E-state index is 12.8. The minimum absolute atomic E-state index is 0.0642. The van der Waals surface area contributed by atoms with Crippen molar-refractivity contribution in [1.82, 2.24) is 5.16 Å². The zero-order valence-corrected chi connectivity index (χ0v) is 9.62. The number of hydrogen-bond donors (Lipinski definition) is 0. The summed E-state index contributed by atoms with van der Waals surface area (Å²) in [6, 6.07) is 8.12. The van der Waals surface area contributed by atoms with E-state index in [2.05, 4.69) is 25.9 Å². The molecule has 1 aromatic carbocycles. The Balaban J connectivity index is 2.35. The lowest BCUT2D eigenvalue weighted by molar-refractivity contribution is 0.330. The second kappa shape index (κ2) is 3.74. The minimum Gasteiger partial charge on any atom is -0.360 e. The topological polar surface area (TPSA) is 26.0 Å². The number of hydrogen-bond acceptors (Lipinski definition) is 2. The fraction of sp³-hybridized carbons (Fsp3) is 0.308. The summed E-state index contributed by atoms with van der Waals surface area (Å²) >= 11 is 0. The van der Waals surface area contributed by atoms with E-state index < -0.39 is 0 Å². The van der Waals surface area contributed by atoms with Crippen molar-refractivity contribution < 1.29 is 8.91 Å². The second-order valence-electron chi connectivity index (χ2n) is 4.83. The van der Waals surface area contributed by atoms with Gasteiger partial charge in [-0.2, -0.15) is 0 Å². The van der Waals surface area contributed by atoms with Crippen LogP contribution in [0.1, 0.15) is 26.5 Å². The van der Waals surface area contributed by atoms with Crippen molar-refractivity contribution in [2.75, 3.05) is 0 Å². The van der Waals surface area contributed by atoms with Crippen molar-refractivity contribution >= 4 is 0 Å². The maximum absolute atomic E-state index is 12.8. The van der Waals surface area contributed by atoms with Gasteiger partial charge in [0.15, 0.2) is 0 Å². The maximum Gasteiger partial charge on any atom is 0.142 e. The number of benzene rings is 1. The van der Waals surface area contributed by atoms with Gasteiger partial charge in [-0.05, 0) is 24.3 Å². The highest BCUT2D eigenvalue weighted by Crippen LogP contribution is 2.27. The van der Waals surface area contributed by atoms with Gasteiger partial charge in [0.25, 0.3) is 0 Å². The summed E-state index contributed by atoms with van der Waals surface area (Å²) in [6.07, 6.45) is 0. The molecule has 0 radical (unpaired) electrons. The van der Waals surface area contributed by atoms with E-state index in [1.54, 1.807) is 12.1 Å². The van der Waals surface area contributed by atoms with Crippen LogP contribution in [0.15, 0.2) is 34.9 Å². The van der Waals surface area contributed by atoms with Gasteiger partial charge in [-0.1, -0.05) is 25.9 Å². The summed E-state index contributed by atoms with van der Waals surface area (Å²) < 4.78 is 18.0. The van der Waals surface area contributed by atoms with Crippen LogP contribution >= 0.6 is 0 Å². The predicted octanol–water partition coefficient (Wildman–Crippen LogP) is 3.78. The van der Waals surface area contributed by atoms with E-state index in [4.69, 9.17) is 4.52 Å². The highest BCUT2D eigenvalue weighted by atomic mass is 19.1. The van der Waals surface area contributed by atoms with Crippen LogP contribution < -0.4 is 0 Å². The van der Waals surface area contributed by atoms with Crippen LogP contribution in [0.2, 0.25) is 0 Å². The Morgan fingerprint density at radius 2 is 1.75 bits per heavy atom. The van der Waals surface area contributed by atoms with Crippen LogP contribution in [0.25, 0.3) is 11.3 Å². The summed E-state index contributed by atoms with van der Waals surface area (Å²) in [5.41, 5.74) is 1.54. The van der Waals surface area contributed by atoms with Gasteiger partial charge in [0.05, 0.1) is 0 Å². The lowest BCUT2D eigenvalue weighted by atomic mass is 9.93. The first-order chi connectivity index (χ1) is 7.47. The quantitative estimate of drug-likeness (QED) is 0.729. The Morgan fingerprint density at radius 1 is 1.12 bits per heavy atom. The van der Waals surface area contributed by atoms with Crippen molar-refractivity contribution in [1.29, 1.82) is 0 Å². The summed E-state index contributed by atoms with van der Waals surface area (Å²) in [4.78, 5) is 0. The summed E-state index contributed by atoms with van der Waals surface area (Å²) in [6.45, 7) is 6.17. The molecule has 0 bridgehead atoms. The molecular weight excluding hydrogens is 205 g/mol. The molecule has 0 atom stereocenters. The average molecular weight is 219 g/mol. The van der Waals surface area contributed by atoms with Crippen LogP contribution in [-0.2, 0) is 5.41 Å². The first kappa shape index (κ1) is 10.9. The van der Waals surface area contributed by atoms with Crippen LogP contribution in [0.5, 0.6) is 0 Å². The first-order valence-electron chi connectivity index (χ1n) is 5.20. The molecule has 0 aliphatic rings. The Hall–Kier alpha value is -1.64. The molecule has 2 rings (SSSR count). The average Bonchev–Trinajstić information content (AvgIpc) is 2.67. The van der Waals surface area contributed by atoms with Crippen LogP contribution in [-0.4, -0.2) is 5.16 Å². The van der Waals surface area contributed by atoms with Gasteiger partial charge in [-0.3, -0.25) is 0 Å². The van der Waals surface area contributed by atoms with Crippen LogP contribution in [0.3, 0.4) is 0 Å². The lowest BCUT2D eigenvalue weighted by Gasteiger charge is -2.12. The molecule has 0 fully saturated rings. The Bertz CT molecular complexity index is 479. The fourth-order valence-electron chi connectivity index (χ4n) is 1.39. The third-order valence-corrected chi connectivity index (χ3v) is 2.39. The molecule has 1 heterocycles. The second-order valence-corrected chi connectivity index (χ2v) is 4.83. The highest BCUT2D eigenvalue weighted by molar-refractivity contribution is 5.58. The summed E-state index contributed by atoms with van der Waals surface area (Å²) in [5, 5.41) is 3.99. The molecule has 16 heavy (non-hydrogen) atoms. The Morgan fingerprint density at radius 3 is 2.25 bits per heavy atom. The largest absolute Gasteiger partial charge is 0.360 e. The Labute approximate surface area is 94.1 Å². The van der Waals surface area contributed by atoms with Crippen LogP contribution in [0.4, 0.5) is 4.39 Å². The first-order valence-corrected chi connectivity index (χ1v) is 5.20. The molecule has 0 N–H and O–H groups in total. The number of rotatable bonds is 1. The predicted molar refractivity (Wildman–Crippen MR) is 60.6 cm³/mol. The number of aromatic nitrogens is 1. The standard InChI is InChI=1S/C13H14FNO/c1-13(2,3)12-8-11(15-16-12)9-4-6-10(14)7-5-9/h4-8H,1-3H3. The lowest BCUT2D eigenvalue weighted by Crippen LogP contribution is -2.09. The van der Waals surface area contributed by atoms with E-state index in [-0.39, 0.29) is 11.2 Å². The fourth-order valence-corrected chi connectivity index (χ4v) is 1.39. The van der Waals surface area contributed by atoms with Gasteiger partial charge in [-0.15, -0.1) is 0 Å². The number of halogens is 1. The molecule has 0 saturated carbocycles. The van der Waals surface area contributed by atoms with Gasteiger partial charge >= 0.3 is 0 Å². The smallest absolute Gasteiger partial charge is 0.142 e. The van der Waals surface area contributed by atoms with Gasteiger partial charge in [0.1, 0.15) is 17.3 Å². The molecule has 84 valence electrons. The zero-order valence-electron chi connectivity index (χ0n) is 9.62. The molecule has 0 aliphatic carbocycles. The normalized spacial score (nSPS) is 11.8. The van der Waals surface area contributed by atoms with Gasteiger partial charge < -0.3 is 4.52 Å². The van der Waals surface area contributed by atoms with Crippen molar-refractivity contribution in [3.05, 3.63) is 41.9 Å². The molecule has 0 spiro atoms. The third kappa shape index (κ3) is 2.13. The summed E-state index contributed by atoms with van der Waals surface area (Å²) in [5.74, 6) is 0.579. The van der Waals surface area contributed by atoms with E-state index >= 15 is 0 Å². The van der Waals surface area contributed by atoms with E-state index in [0.717, 1.165) is 17.0 Å². The van der Waals surface area contributed by atoms with Gasteiger partial charge in [-0.25, -0.2) is 4.39 Å². The molecule has 3 heteroatoms. The zero-order chi connectivity index (χ0) is 11.8. The summed E-state index contributed by atoms with van der Waals surface area (Å²) in [7, 11) is 0. The van der Waals surface area contributed by atoms with E-state index in [1.165, 1.54) is 12.1 Å². The molecule has 0 saturated heterocycles. The molecule has 2 aromatic rings. The molecule has 0 aliphatic heterocycles. The molecule has 1 aromatic heterocycles. The van der Waals surface area contributed by atoms with Gasteiger partial charge in [0.2, 0.25) is 0 Å². The van der Waals surface area contributed by atoms with E-state index in [9.17, 15) is 4.39 Å². The molecule has 0 amide bonds. The molecule has 2 nitrogen and oxygen atoms in total. The van der Waals surface area contributed by atoms with E-state index in [1.807, 2.05) is 6.07 Å². The van der Waals surface area contributed by atoms with Crippen molar-refractivity contribution in [3.63, 3.8) is 0 Å². The van der Waals surface area contributed by atoms with Crippen LogP contribution in [0, 0.1) is 5.82 Å². The van der Waals surface area contributed by atoms with Crippen molar-refractivity contribution in [2.45, 2.75) is 26.2 Å². The highest BCUT2D eigenvalue weighted by Gasteiger charge is 2.19. The molecular formula is C13H14FNO. The van der Waals surface area contributed by atoms with E-state index in [0.29, 0.717) is 0 Å².